The van der Waals surface area contributed by atoms with E-state index in [-0.39, 0.29) is 23.7 Å². The lowest BCUT2D eigenvalue weighted by Crippen LogP contribution is -2.42. The molecule has 1 aromatic heterocycles. The van der Waals surface area contributed by atoms with E-state index in [2.05, 4.69) is 36.1 Å². The number of benzene rings is 2. The predicted octanol–water partition coefficient (Wildman–Crippen LogP) is 3.96. The Balaban J connectivity index is 1.56. The van der Waals surface area contributed by atoms with Gasteiger partial charge in [0.25, 0.3) is 5.91 Å². The van der Waals surface area contributed by atoms with Gasteiger partial charge in [-0.05, 0) is 47.7 Å². The van der Waals surface area contributed by atoms with E-state index >= 15 is 0 Å². The fourth-order valence-electron chi connectivity index (χ4n) is 4.40. The molecule has 2 heterocycles. The zero-order chi connectivity index (χ0) is 26.7. The van der Waals surface area contributed by atoms with Crippen molar-refractivity contribution in [1.29, 1.82) is 0 Å². The molecule has 1 atom stereocenters. The molecule has 2 amide bonds. The third kappa shape index (κ3) is 6.28. The first kappa shape index (κ1) is 26.2. The van der Waals surface area contributed by atoms with Crippen molar-refractivity contribution in [3.63, 3.8) is 0 Å². The van der Waals surface area contributed by atoms with E-state index in [1.54, 1.807) is 22.9 Å². The van der Waals surface area contributed by atoms with Gasteiger partial charge in [0.05, 0.1) is 31.1 Å². The number of methoxy groups -OCH3 is 1. The van der Waals surface area contributed by atoms with E-state index in [0.29, 0.717) is 31.0 Å². The van der Waals surface area contributed by atoms with Gasteiger partial charge in [0, 0.05) is 31.4 Å². The SMILES string of the molecule is COC(=O)CC1Nc2ccc(C(=O)N(C)Cc3nc4ccccc4[nH]3)cc2CN(CCC(C)(C)C)C1=O. The molecule has 3 aromatic rings. The van der Waals surface area contributed by atoms with Gasteiger partial charge in [-0.15, -0.1) is 0 Å². The van der Waals surface area contributed by atoms with Crippen molar-refractivity contribution in [2.75, 3.05) is 26.0 Å². The Morgan fingerprint density at radius 1 is 1.19 bits per heavy atom. The maximum absolute atomic E-state index is 13.4. The van der Waals surface area contributed by atoms with E-state index < -0.39 is 12.0 Å². The Hall–Kier alpha value is -3.88. The molecular weight excluding hydrogens is 470 g/mol. The second kappa shape index (κ2) is 10.6. The summed E-state index contributed by atoms with van der Waals surface area (Å²) in [6.07, 6.45) is 0.736. The Morgan fingerprint density at radius 3 is 2.65 bits per heavy atom. The van der Waals surface area contributed by atoms with Crippen molar-refractivity contribution in [2.45, 2.75) is 52.7 Å². The van der Waals surface area contributed by atoms with E-state index in [9.17, 15) is 14.4 Å². The van der Waals surface area contributed by atoms with Gasteiger partial charge < -0.3 is 24.8 Å². The average molecular weight is 506 g/mol. The number of aromatic amines is 1. The first-order chi connectivity index (χ1) is 17.5. The summed E-state index contributed by atoms with van der Waals surface area (Å²) in [4.78, 5) is 49.9. The number of anilines is 1. The Morgan fingerprint density at radius 2 is 1.95 bits per heavy atom. The summed E-state index contributed by atoms with van der Waals surface area (Å²) in [7, 11) is 3.06. The summed E-state index contributed by atoms with van der Waals surface area (Å²) in [6.45, 7) is 7.61. The van der Waals surface area contributed by atoms with Gasteiger partial charge >= 0.3 is 5.97 Å². The van der Waals surface area contributed by atoms with Crippen LogP contribution in [0.2, 0.25) is 0 Å². The lowest BCUT2D eigenvalue weighted by Gasteiger charge is -2.28. The first-order valence-corrected chi connectivity index (χ1v) is 12.5. The van der Waals surface area contributed by atoms with Crippen LogP contribution in [0.3, 0.4) is 0 Å². The van der Waals surface area contributed by atoms with Crippen LogP contribution in [-0.4, -0.2) is 64.3 Å². The molecular formula is C28H35N5O4. The third-order valence-electron chi connectivity index (χ3n) is 6.56. The molecule has 1 unspecified atom stereocenters. The Bertz CT molecular complexity index is 1280. The number of para-hydroxylation sites is 2. The van der Waals surface area contributed by atoms with E-state index in [1.807, 2.05) is 36.4 Å². The minimum absolute atomic E-state index is 0.0396. The number of nitrogens with one attached hydrogen (secondary N) is 2. The molecule has 0 saturated carbocycles. The zero-order valence-corrected chi connectivity index (χ0v) is 22.1. The summed E-state index contributed by atoms with van der Waals surface area (Å²) in [5.41, 5.74) is 3.91. The van der Waals surface area contributed by atoms with Crippen molar-refractivity contribution >= 4 is 34.5 Å². The Kier molecular flexibility index (Phi) is 7.52. The number of fused-ring (bicyclic) bond motifs is 2. The molecule has 196 valence electrons. The molecule has 9 nitrogen and oxygen atoms in total. The van der Waals surface area contributed by atoms with Gasteiger partial charge in [-0.1, -0.05) is 32.9 Å². The van der Waals surface area contributed by atoms with E-state index in [4.69, 9.17) is 4.74 Å². The number of hydrogen-bond donors (Lipinski definition) is 2. The number of nitrogens with zero attached hydrogens (tertiary/aromatic N) is 3. The maximum Gasteiger partial charge on any atom is 0.308 e. The van der Waals surface area contributed by atoms with Gasteiger partial charge in [0.2, 0.25) is 5.91 Å². The van der Waals surface area contributed by atoms with Crippen LogP contribution in [0.4, 0.5) is 5.69 Å². The molecule has 2 N–H and O–H groups in total. The van der Waals surface area contributed by atoms with Crippen LogP contribution in [0.1, 0.15) is 55.4 Å². The van der Waals surface area contributed by atoms with Crippen LogP contribution in [-0.2, 0) is 27.4 Å². The first-order valence-electron chi connectivity index (χ1n) is 12.5. The quantitative estimate of drug-likeness (QED) is 0.471. The number of rotatable bonds is 7. The van der Waals surface area contributed by atoms with Crippen LogP contribution in [0.5, 0.6) is 0 Å². The second-order valence-corrected chi connectivity index (χ2v) is 10.8. The molecule has 0 radical (unpaired) electrons. The van der Waals surface area contributed by atoms with Crippen molar-refractivity contribution in [1.82, 2.24) is 19.8 Å². The van der Waals surface area contributed by atoms with Gasteiger partial charge in [-0.2, -0.15) is 0 Å². The third-order valence-corrected chi connectivity index (χ3v) is 6.56. The van der Waals surface area contributed by atoms with Crippen LogP contribution >= 0.6 is 0 Å². The van der Waals surface area contributed by atoms with Crippen molar-refractivity contribution in [3.05, 3.63) is 59.4 Å². The number of carbonyl (C=O) groups is 3. The second-order valence-electron chi connectivity index (χ2n) is 10.8. The molecule has 0 aliphatic carbocycles. The van der Waals surface area contributed by atoms with Crippen molar-refractivity contribution in [2.24, 2.45) is 5.41 Å². The van der Waals surface area contributed by atoms with Crippen molar-refractivity contribution in [3.8, 4) is 0 Å². The highest BCUT2D eigenvalue weighted by molar-refractivity contribution is 5.96. The van der Waals surface area contributed by atoms with Gasteiger partial charge in [-0.25, -0.2) is 4.98 Å². The number of aromatic nitrogens is 2. The molecule has 9 heteroatoms. The molecule has 0 fully saturated rings. The lowest BCUT2D eigenvalue weighted by atomic mass is 9.92. The largest absolute Gasteiger partial charge is 0.469 e. The highest BCUT2D eigenvalue weighted by atomic mass is 16.5. The van der Waals surface area contributed by atoms with Crippen LogP contribution < -0.4 is 5.32 Å². The standard InChI is InChI=1S/C28H35N5O4/c1-28(2,3)12-13-33-16-19-14-18(10-11-20(19)29-23(27(33)36)15-25(34)37-5)26(35)32(4)17-24-30-21-8-6-7-9-22(21)31-24/h6-11,14,23,29H,12-13,15-17H2,1-5H3,(H,30,31). The monoisotopic (exact) mass is 505 g/mol. The highest BCUT2D eigenvalue weighted by Gasteiger charge is 2.32. The molecule has 2 aromatic carbocycles. The molecule has 37 heavy (non-hydrogen) atoms. The minimum Gasteiger partial charge on any atom is -0.469 e. The number of esters is 1. The molecule has 4 rings (SSSR count). The van der Waals surface area contributed by atoms with Crippen LogP contribution in [0.15, 0.2) is 42.5 Å². The fraction of sp³-hybridized carbons (Fsp3) is 0.429. The summed E-state index contributed by atoms with van der Waals surface area (Å²) in [5.74, 6) is -0.0472. The fourth-order valence-corrected chi connectivity index (χ4v) is 4.40. The van der Waals surface area contributed by atoms with Gasteiger partial charge in [0.15, 0.2) is 0 Å². The van der Waals surface area contributed by atoms with E-state index in [0.717, 1.165) is 28.7 Å². The average Bonchev–Trinajstić information content (AvgIpc) is 3.21. The highest BCUT2D eigenvalue weighted by Crippen LogP contribution is 2.28. The number of carbonyl (C=O) groups excluding carboxylic acids is 3. The molecule has 0 saturated heterocycles. The molecule has 0 spiro atoms. The number of ether oxygens (including phenoxy) is 1. The number of H-pyrrole nitrogens is 1. The topological polar surface area (TPSA) is 108 Å². The van der Waals surface area contributed by atoms with Gasteiger partial charge in [-0.3, -0.25) is 14.4 Å². The predicted molar refractivity (Wildman–Crippen MR) is 142 cm³/mol. The van der Waals surface area contributed by atoms with Crippen LogP contribution in [0.25, 0.3) is 11.0 Å². The molecule has 0 bridgehead atoms. The zero-order valence-electron chi connectivity index (χ0n) is 22.1. The van der Waals surface area contributed by atoms with Gasteiger partial charge in [0.1, 0.15) is 11.9 Å². The maximum atomic E-state index is 13.4. The smallest absolute Gasteiger partial charge is 0.308 e. The van der Waals surface area contributed by atoms with Crippen molar-refractivity contribution < 1.29 is 19.1 Å². The molecule has 1 aliphatic rings. The lowest BCUT2D eigenvalue weighted by molar-refractivity contribution is -0.144. The minimum atomic E-state index is -0.731. The van der Waals surface area contributed by atoms with E-state index in [1.165, 1.54) is 7.11 Å². The summed E-state index contributed by atoms with van der Waals surface area (Å²) < 4.78 is 4.82. The summed E-state index contributed by atoms with van der Waals surface area (Å²) in [6, 6.07) is 12.4. The normalized spacial score (nSPS) is 15.6. The summed E-state index contributed by atoms with van der Waals surface area (Å²) in [5, 5.41) is 3.22. The number of amides is 2. The summed E-state index contributed by atoms with van der Waals surface area (Å²) >= 11 is 0. The number of hydrogen-bond acceptors (Lipinski definition) is 6. The van der Waals surface area contributed by atoms with Crippen LogP contribution in [0, 0.1) is 5.41 Å². The molecule has 1 aliphatic heterocycles. The number of imidazole rings is 1. The Labute approximate surface area is 217 Å².